The second-order valence-corrected chi connectivity index (χ2v) is 11.4. The first-order chi connectivity index (χ1) is 14.5. The molecular weight excluding hydrogens is 473 g/mol. The van der Waals surface area contributed by atoms with Gasteiger partial charge in [-0.3, -0.25) is 4.98 Å². The predicted molar refractivity (Wildman–Crippen MR) is 129 cm³/mol. The molecule has 1 aromatic carbocycles. The van der Waals surface area contributed by atoms with Gasteiger partial charge < -0.3 is 4.57 Å². The Morgan fingerprint density at radius 3 is 2.29 bits per heavy atom. The van der Waals surface area contributed by atoms with Crippen molar-refractivity contribution in [1.29, 1.82) is 0 Å². The summed E-state index contributed by atoms with van der Waals surface area (Å²) in [6.07, 6.45) is 3.90. The Kier molecular flexibility index (Phi) is 7.76. The van der Waals surface area contributed by atoms with Gasteiger partial charge in [0, 0.05) is 39.6 Å². The highest BCUT2D eigenvalue weighted by Crippen LogP contribution is 2.41. The van der Waals surface area contributed by atoms with Gasteiger partial charge in [-0.05, 0) is 66.3 Å². The Morgan fingerprint density at radius 1 is 1.13 bits per heavy atom. The van der Waals surface area contributed by atoms with Crippen LogP contribution in [-0.2, 0) is 23.0 Å². The van der Waals surface area contributed by atoms with Crippen LogP contribution < -0.4 is 5.14 Å². The number of hydrogen-bond donors (Lipinski definition) is 1. The van der Waals surface area contributed by atoms with Gasteiger partial charge in [0.1, 0.15) is 0 Å². The SMILES string of the molecule is Cc1c(CCS(N)(=O)=O)c(C(C)C)c(Sc2cc(Cl)cc(Cl)c2)n1Cc1ccncc1. The number of pyridine rings is 1. The highest BCUT2D eigenvalue weighted by atomic mass is 35.5. The molecule has 2 N–H and O–H groups in total. The average molecular weight is 499 g/mol. The van der Waals surface area contributed by atoms with E-state index in [0.717, 1.165) is 32.3 Å². The normalized spacial score (nSPS) is 12.0. The summed E-state index contributed by atoms with van der Waals surface area (Å²) in [6, 6.07) is 9.42. The molecule has 0 amide bonds. The number of nitrogens with two attached hydrogens (primary N) is 1. The van der Waals surface area contributed by atoms with E-state index < -0.39 is 10.0 Å². The van der Waals surface area contributed by atoms with E-state index in [9.17, 15) is 8.42 Å². The molecule has 2 aromatic heterocycles. The number of aromatic nitrogens is 2. The van der Waals surface area contributed by atoms with Crippen molar-refractivity contribution < 1.29 is 8.42 Å². The molecule has 0 saturated carbocycles. The van der Waals surface area contributed by atoms with E-state index in [1.54, 1.807) is 30.2 Å². The number of sulfonamides is 1. The van der Waals surface area contributed by atoms with Crippen molar-refractivity contribution in [2.24, 2.45) is 5.14 Å². The number of primary sulfonamides is 1. The van der Waals surface area contributed by atoms with Crippen LogP contribution in [0.1, 0.15) is 42.1 Å². The number of rotatable bonds is 8. The summed E-state index contributed by atoms with van der Waals surface area (Å²) in [5.74, 6) is 0.0879. The van der Waals surface area contributed by atoms with Crippen LogP contribution in [0.4, 0.5) is 0 Å². The zero-order valence-electron chi connectivity index (χ0n) is 17.6. The highest BCUT2D eigenvalue weighted by molar-refractivity contribution is 7.99. The van der Waals surface area contributed by atoms with Crippen LogP contribution in [-0.4, -0.2) is 23.7 Å². The number of benzene rings is 1. The first-order valence-electron chi connectivity index (χ1n) is 9.80. The summed E-state index contributed by atoms with van der Waals surface area (Å²) in [7, 11) is -3.57. The lowest BCUT2D eigenvalue weighted by molar-refractivity contribution is 0.596. The molecule has 0 atom stereocenters. The summed E-state index contributed by atoms with van der Waals surface area (Å²) in [6.45, 7) is 6.89. The van der Waals surface area contributed by atoms with E-state index in [2.05, 4.69) is 23.4 Å². The van der Waals surface area contributed by atoms with Gasteiger partial charge >= 0.3 is 0 Å². The fraction of sp³-hybridized carbons (Fsp3) is 0.318. The van der Waals surface area contributed by atoms with Gasteiger partial charge in [0.15, 0.2) is 0 Å². The van der Waals surface area contributed by atoms with E-state index in [1.165, 1.54) is 0 Å². The molecule has 0 radical (unpaired) electrons. The molecule has 5 nitrogen and oxygen atoms in total. The quantitative estimate of drug-likeness (QED) is 0.435. The number of hydrogen-bond acceptors (Lipinski definition) is 4. The molecule has 166 valence electrons. The maximum atomic E-state index is 11.7. The van der Waals surface area contributed by atoms with Crippen LogP contribution in [0.2, 0.25) is 10.0 Å². The molecule has 2 heterocycles. The minimum absolute atomic E-state index is 0.0973. The third-order valence-corrected chi connectivity index (χ3v) is 7.31. The number of nitrogens with zero attached hydrogens (tertiary/aromatic N) is 2. The topological polar surface area (TPSA) is 78.0 Å². The lowest BCUT2D eigenvalue weighted by Gasteiger charge is -2.15. The van der Waals surface area contributed by atoms with E-state index in [4.69, 9.17) is 28.3 Å². The highest BCUT2D eigenvalue weighted by Gasteiger charge is 2.24. The van der Waals surface area contributed by atoms with Crippen molar-refractivity contribution in [3.05, 3.63) is 75.2 Å². The van der Waals surface area contributed by atoms with Gasteiger partial charge in [0.2, 0.25) is 10.0 Å². The first-order valence-corrected chi connectivity index (χ1v) is 13.1. The summed E-state index contributed by atoms with van der Waals surface area (Å²) < 4.78 is 25.6. The van der Waals surface area contributed by atoms with Crippen LogP contribution in [0.3, 0.4) is 0 Å². The molecule has 0 aliphatic heterocycles. The van der Waals surface area contributed by atoms with Crippen molar-refractivity contribution in [2.45, 2.75) is 49.6 Å². The molecule has 0 spiro atoms. The molecule has 3 rings (SSSR count). The van der Waals surface area contributed by atoms with E-state index in [0.29, 0.717) is 23.0 Å². The van der Waals surface area contributed by atoms with Crippen LogP contribution in [0.15, 0.2) is 52.6 Å². The van der Waals surface area contributed by atoms with E-state index >= 15 is 0 Å². The molecule has 0 unspecified atom stereocenters. The molecular formula is C22H25Cl2N3O2S2. The Hall–Kier alpha value is -1.51. The van der Waals surface area contributed by atoms with Crippen LogP contribution in [0.25, 0.3) is 0 Å². The molecule has 0 aliphatic carbocycles. The number of halogens is 2. The second kappa shape index (κ2) is 9.96. The summed E-state index contributed by atoms with van der Waals surface area (Å²) in [5, 5.41) is 7.49. The van der Waals surface area contributed by atoms with Crippen molar-refractivity contribution in [2.75, 3.05) is 5.75 Å². The monoisotopic (exact) mass is 497 g/mol. The van der Waals surface area contributed by atoms with Crippen LogP contribution in [0, 0.1) is 6.92 Å². The maximum absolute atomic E-state index is 11.7. The second-order valence-electron chi connectivity index (χ2n) is 7.70. The van der Waals surface area contributed by atoms with Gasteiger partial charge in [-0.15, -0.1) is 0 Å². The van der Waals surface area contributed by atoms with Crippen LogP contribution >= 0.6 is 35.0 Å². The van der Waals surface area contributed by atoms with Crippen LogP contribution in [0.5, 0.6) is 0 Å². The molecule has 31 heavy (non-hydrogen) atoms. The zero-order chi connectivity index (χ0) is 22.8. The Morgan fingerprint density at radius 2 is 1.74 bits per heavy atom. The fourth-order valence-electron chi connectivity index (χ4n) is 3.61. The minimum Gasteiger partial charge on any atom is -0.335 e. The smallest absolute Gasteiger partial charge is 0.209 e. The third-order valence-electron chi connectivity index (χ3n) is 5.00. The average Bonchev–Trinajstić information content (AvgIpc) is 2.91. The molecule has 9 heteroatoms. The molecule has 0 bridgehead atoms. The lowest BCUT2D eigenvalue weighted by atomic mass is 9.99. The Labute approximate surface area is 198 Å². The van der Waals surface area contributed by atoms with Gasteiger partial charge in [0.25, 0.3) is 0 Å². The maximum Gasteiger partial charge on any atom is 0.209 e. The van der Waals surface area contributed by atoms with Gasteiger partial charge in [-0.25, -0.2) is 13.6 Å². The predicted octanol–water partition coefficient (Wildman–Crippen LogP) is 5.65. The fourth-order valence-corrected chi connectivity index (χ4v) is 6.13. The van der Waals surface area contributed by atoms with Crippen molar-refractivity contribution in [1.82, 2.24) is 9.55 Å². The zero-order valence-corrected chi connectivity index (χ0v) is 20.7. The van der Waals surface area contributed by atoms with Crippen molar-refractivity contribution in [3.8, 4) is 0 Å². The van der Waals surface area contributed by atoms with E-state index in [1.807, 2.05) is 31.2 Å². The largest absolute Gasteiger partial charge is 0.335 e. The third kappa shape index (κ3) is 6.26. The Balaban J connectivity index is 2.15. The summed E-state index contributed by atoms with van der Waals surface area (Å²) >= 11 is 14.0. The van der Waals surface area contributed by atoms with E-state index in [-0.39, 0.29) is 11.7 Å². The standard InChI is InChI=1S/C22H25Cl2N3O2S2/c1-14(2)21-20(6-9-31(25,28)29)15(3)27(13-16-4-7-26-8-5-16)22(21)30-19-11-17(23)10-18(24)12-19/h4-5,7-8,10-12,14H,6,9,13H2,1-3H3,(H2,25,28,29). The first kappa shape index (κ1) is 24.1. The molecule has 3 aromatic rings. The molecule has 0 saturated heterocycles. The lowest BCUT2D eigenvalue weighted by Crippen LogP contribution is -2.18. The molecule has 0 aliphatic rings. The summed E-state index contributed by atoms with van der Waals surface area (Å²) in [5.41, 5.74) is 4.28. The van der Waals surface area contributed by atoms with Gasteiger partial charge in [-0.1, -0.05) is 48.8 Å². The summed E-state index contributed by atoms with van der Waals surface area (Å²) in [4.78, 5) is 5.02. The molecule has 0 fully saturated rings. The van der Waals surface area contributed by atoms with Crippen molar-refractivity contribution >= 4 is 45.0 Å². The van der Waals surface area contributed by atoms with Gasteiger partial charge in [0.05, 0.1) is 10.8 Å². The minimum atomic E-state index is -3.57. The van der Waals surface area contributed by atoms with Crippen molar-refractivity contribution in [3.63, 3.8) is 0 Å². The van der Waals surface area contributed by atoms with Gasteiger partial charge in [-0.2, -0.15) is 0 Å². The Bertz CT molecular complexity index is 1160.